The van der Waals surface area contributed by atoms with E-state index in [2.05, 4.69) is 16.8 Å². The maximum absolute atomic E-state index is 12.8. The van der Waals surface area contributed by atoms with Crippen molar-refractivity contribution in [2.75, 3.05) is 26.2 Å². The minimum absolute atomic E-state index is 0.0442. The second-order valence-corrected chi connectivity index (χ2v) is 9.08. The highest BCUT2D eigenvalue weighted by Crippen LogP contribution is 2.32. The highest BCUT2D eigenvalue weighted by atomic mass is 16.3. The number of amides is 1. The largest absolute Gasteiger partial charge is 0.389 e. The van der Waals surface area contributed by atoms with Gasteiger partial charge in [0, 0.05) is 38.6 Å². The Labute approximate surface area is 174 Å². The van der Waals surface area contributed by atoms with Gasteiger partial charge in [0.05, 0.1) is 17.6 Å². The molecule has 6 heteroatoms. The Morgan fingerprint density at radius 3 is 2.41 bits per heavy atom. The molecule has 2 aliphatic rings. The quantitative estimate of drug-likeness (QED) is 0.732. The lowest BCUT2D eigenvalue weighted by Gasteiger charge is -2.34. The zero-order valence-electron chi connectivity index (χ0n) is 17.9. The topological polar surface area (TPSA) is 76.9 Å². The Morgan fingerprint density at radius 1 is 1.03 bits per heavy atom. The van der Waals surface area contributed by atoms with E-state index < -0.39 is 11.2 Å². The smallest absolute Gasteiger partial charge is 0.225 e. The van der Waals surface area contributed by atoms with Crippen molar-refractivity contribution in [3.8, 4) is 0 Å². The van der Waals surface area contributed by atoms with Crippen molar-refractivity contribution >= 4 is 5.91 Å². The van der Waals surface area contributed by atoms with Crippen LogP contribution in [-0.2, 0) is 11.3 Å². The van der Waals surface area contributed by atoms with Crippen molar-refractivity contribution in [2.45, 2.75) is 82.5 Å². The van der Waals surface area contributed by atoms with E-state index in [1.807, 2.05) is 17.0 Å². The number of likely N-dealkylation sites (N-methyl/N-ethyl adjacent to an activating group) is 1. The van der Waals surface area contributed by atoms with Gasteiger partial charge in [-0.25, -0.2) is 0 Å². The van der Waals surface area contributed by atoms with Crippen LogP contribution in [0.4, 0.5) is 0 Å². The first kappa shape index (κ1) is 22.2. The van der Waals surface area contributed by atoms with E-state index in [0.29, 0.717) is 32.5 Å². The zero-order valence-corrected chi connectivity index (χ0v) is 17.9. The van der Waals surface area contributed by atoms with Gasteiger partial charge >= 0.3 is 0 Å². The highest BCUT2D eigenvalue weighted by molar-refractivity contribution is 5.77. The van der Waals surface area contributed by atoms with Crippen LogP contribution in [0.25, 0.3) is 0 Å². The van der Waals surface area contributed by atoms with Crippen LogP contribution < -0.4 is 0 Å². The number of hydrogen-bond donors (Lipinski definition) is 2. The SMILES string of the molecule is CCN(Cc1ccncc1)C[C@@]1(O)CCCN(C(=O)CC2(O)CCCCC2)CC1. The van der Waals surface area contributed by atoms with Crippen LogP contribution in [-0.4, -0.2) is 68.3 Å². The molecule has 1 saturated heterocycles. The molecule has 3 rings (SSSR count). The second kappa shape index (κ2) is 10.0. The van der Waals surface area contributed by atoms with E-state index >= 15 is 0 Å². The van der Waals surface area contributed by atoms with Crippen LogP contribution in [0, 0.1) is 0 Å². The lowest BCUT2D eigenvalue weighted by molar-refractivity contribution is -0.138. The van der Waals surface area contributed by atoms with E-state index in [9.17, 15) is 15.0 Å². The predicted octanol–water partition coefficient (Wildman–Crippen LogP) is 2.73. The Morgan fingerprint density at radius 2 is 1.72 bits per heavy atom. The number of aliphatic hydroxyl groups is 2. The fourth-order valence-electron chi connectivity index (χ4n) is 4.81. The molecular formula is C23H37N3O3. The average molecular weight is 404 g/mol. The number of likely N-dealkylation sites (tertiary alicyclic amines) is 1. The average Bonchev–Trinajstić information content (AvgIpc) is 2.90. The summed E-state index contributed by atoms with van der Waals surface area (Å²) in [7, 11) is 0. The summed E-state index contributed by atoms with van der Waals surface area (Å²) >= 11 is 0. The van der Waals surface area contributed by atoms with Gasteiger partial charge in [-0.1, -0.05) is 26.2 Å². The van der Waals surface area contributed by atoms with E-state index in [-0.39, 0.29) is 12.3 Å². The maximum atomic E-state index is 12.8. The molecule has 1 aromatic rings. The Balaban J connectivity index is 1.54. The molecule has 2 fully saturated rings. The summed E-state index contributed by atoms with van der Waals surface area (Å²) in [6.07, 6.45) is 10.6. The maximum Gasteiger partial charge on any atom is 0.225 e. The number of carbonyl (C=O) groups excluding carboxylic acids is 1. The van der Waals surface area contributed by atoms with Gasteiger partial charge in [-0.3, -0.25) is 14.7 Å². The standard InChI is InChI=1S/C23H37N3O3/c1-2-25(18-20-7-13-24-14-8-20)19-23(29)11-6-15-26(16-12-23)21(27)17-22(28)9-4-3-5-10-22/h7-8,13-14,28-29H,2-6,9-12,15-19H2,1H3/t23-/m1/s1. The molecule has 1 aromatic heterocycles. The van der Waals surface area contributed by atoms with Crippen molar-refractivity contribution in [2.24, 2.45) is 0 Å². The summed E-state index contributed by atoms with van der Waals surface area (Å²) in [6.45, 7) is 5.61. The third-order valence-corrected chi connectivity index (χ3v) is 6.66. The minimum Gasteiger partial charge on any atom is -0.389 e. The normalized spacial score (nSPS) is 25.0. The van der Waals surface area contributed by atoms with E-state index in [1.165, 1.54) is 5.56 Å². The van der Waals surface area contributed by atoms with Gasteiger partial charge < -0.3 is 15.1 Å². The molecule has 0 radical (unpaired) electrons. The van der Waals surface area contributed by atoms with Gasteiger partial charge in [0.15, 0.2) is 0 Å². The molecule has 0 unspecified atom stereocenters. The molecule has 1 aliphatic heterocycles. The molecule has 29 heavy (non-hydrogen) atoms. The lowest BCUT2D eigenvalue weighted by Crippen LogP contribution is -2.44. The molecule has 162 valence electrons. The van der Waals surface area contributed by atoms with Gasteiger partial charge in [0.25, 0.3) is 0 Å². The first-order chi connectivity index (χ1) is 13.9. The van der Waals surface area contributed by atoms with Crippen molar-refractivity contribution in [1.82, 2.24) is 14.8 Å². The van der Waals surface area contributed by atoms with Crippen LogP contribution in [0.3, 0.4) is 0 Å². The van der Waals surface area contributed by atoms with E-state index in [0.717, 1.165) is 51.6 Å². The van der Waals surface area contributed by atoms with Crippen molar-refractivity contribution < 1.29 is 15.0 Å². The Hall–Kier alpha value is -1.50. The van der Waals surface area contributed by atoms with Gasteiger partial charge in [0.2, 0.25) is 5.91 Å². The second-order valence-electron chi connectivity index (χ2n) is 9.08. The summed E-state index contributed by atoms with van der Waals surface area (Å²) in [4.78, 5) is 21.0. The number of nitrogens with zero attached hydrogens (tertiary/aromatic N) is 3. The molecule has 2 heterocycles. The molecule has 1 amide bonds. The van der Waals surface area contributed by atoms with Crippen molar-refractivity contribution in [3.05, 3.63) is 30.1 Å². The van der Waals surface area contributed by atoms with Crippen LogP contribution in [0.2, 0.25) is 0 Å². The summed E-state index contributed by atoms with van der Waals surface area (Å²) in [5.74, 6) is 0.0442. The molecule has 2 N–H and O–H groups in total. The molecule has 1 saturated carbocycles. The summed E-state index contributed by atoms with van der Waals surface area (Å²) < 4.78 is 0. The van der Waals surface area contributed by atoms with Crippen LogP contribution in [0.5, 0.6) is 0 Å². The molecule has 1 atom stereocenters. The van der Waals surface area contributed by atoms with Crippen LogP contribution >= 0.6 is 0 Å². The highest BCUT2D eigenvalue weighted by Gasteiger charge is 2.36. The third kappa shape index (κ3) is 6.49. The van der Waals surface area contributed by atoms with Crippen LogP contribution in [0.15, 0.2) is 24.5 Å². The first-order valence-electron chi connectivity index (χ1n) is 11.3. The number of carbonyl (C=O) groups is 1. The van der Waals surface area contributed by atoms with Crippen molar-refractivity contribution in [3.63, 3.8) is 0 Å². The van der Waals surface area contributed by atoms with Gasteiger partial charge in [-0.05, 0) is 56.3 Å². The molecule has 6 nitrogen and oxygen atoms in total. The fraction of sp³-hybridized carbons (Fsp3) is 0.739. The Bertz CT molecular complexity index is 648. The van der Waals surface area contributed by atoms with E-state index in [4.69, 9.17) is 0 Å². The first-order valence-corrected chi connectivity index (χ1v) is 11.3. The number of aromatic nitrogens is 1. The van der Waals surface area contributed by atoms with Gasteiger partial charge in [-0.15, -0.1) is 0 Å². The monoisotopic (exact) mass is 403 g/mol. The summed E-state index contributed by atoms with van der Waals surface area (Å²) in [6, 6.07) is 4.02. The number of pyridine rings is 1. The van der Waals surface area contributed by atoms with Gasteiger partial charge in [0.1, 0.15) is 0 Å². The molecule has 1 aliphatic carbocycles. The van der Waals surface area contributed by atoms with Crippen LogP contribution in [0.1, 0.15) is 70.3 Å². The van der Waals surface area contributed by atoms with Crippen molar-refractivity contribution in [1.29, 1.82) is 0 Å². The van der Waals surface area contributed by atoms with Gasteiger partial charge in [-0.2, -0.15) is 0 Å². The lowest BCUT2D eigenvalue weighted by atomic mass is 9.82. The molecule has 0 spiro atoms. The molecule has 0 aromatic carbocycles. The molecular weight excluding hydrogens is 366 g/mol. The predicted molar refractivity (Wildman–Crippen MR) is 113 cm³/mol. The van der Waals surface area contributed by atoms with E-state index in [1.54, 1.807) is 12.4 Å². The fourth-order valence-corrected chi connectivity index (χ4v) is 4.81. The molecule has 0 bridgehead atoms. The summed E-state index contributed by atoms with van der Waals surface area (Å²) in [5.41, 5.74) is -0.405. The number of rotatable bonds is 7. The minimum atomic E-state index is -0.818. The zero-order chi connectivity index (χ0) is 20.7. The third-order valence-electron chi connectivity index (χ3n) is 6.66. The number of hydrogen-bond acceptors (Lipinski definition) is 5. The Kier molecular flexibility index (Phi) is 7.66. The summed E-state index contributed by atoms with van der Waals surface area (Å²) in [5, 5.41) is 22.0.